The zero-order chi connectivity index (χ0) is 14.5. The number of hydrogen-bond donors (Lipinski definition) is 1. The van der Waals surface area contributed by atoms with E-state index in [1.165, 1.54) is 10.4 Å². The number of nitrogens with two attached hydrogens (primary N) is 1. The van der Waals surface area contributed by atoms with Crippen molar-refractivity contribution in [3.05, 3.63) is 49.0 Å². The van der Waals surface area contributed by atoms with E-state index in [0.29, 0.717) is 6.61 Å². The quantitative estimate of drug-likeness (QED) is 0.705. The van der Waals surface area contributed by atoms with Gasteiger partial charge in [0.25, 0.3) is 0 Å². The Labute approximate surface area is 140 Å². The van der Waals surface area contributed by atoms with Gasteiger partial charge in [-0.25, -0.2) is 0 Å². The maximum atomic E-state index is 6.03. The average Bonchev–Trinajstić information content (AvgIpc) is 2.85. The molecule has 0 aliphatic rings. The third kappa shape index (κ3) is 4.32. The highest BCUT2D eigenvalue weighted by Crippen LogP contribution is 2.27. The molecule has 2 nitrogen and oxygen atoms in total. The van der Waals surface area contributed by atoms with Gasteiger partial charge < -0.3 is 10.5 Å². The molecule has 1 aromatic carbocycles. The van der Waals surface area contributed by atoms with Gasteiger partial charge in [-0.1, -0.05) is 22.9 Å². The Morgan fingerprint density at radius 1 is 1.25 bits per heavy atom. The van der Waals surface area contributed by atoms with Gasteiger partial charge in [-0.3, -0.25) is 0 Å². The first-order valence-corrected chi connectivity index (χ1v) is 8.95. The zero-order valence-electron chi connectivity index (χ0n) is 11.2. The van der Waals surface area contributed by atoms with Crippen LogP contribution in [0.5, 0.6) is 5.75 Å². The highest BCUT2D eigenvalue weighted by atomic mass is 79.9. The van der Waals surface area contributed by atoms with Gasteiger partial charge in [0.15, 0.2) is 0 Å². The van der Waals surface area contributed by atoms with Crippen LogP contribution >= 0.6 is 43.2 Å². The lowest BCUT2D eigenvalue weighted by Crippen LogP contribution is -2.21. The van der Waals surface area contributed by atoms with Gasteiger partial charge >= 0.3 is 0 Å². The number of ether oxygens (including phenoxy) is 1. The number of rotatable bonds is 6. The van der Waals surface area contributed by atoms with Crippen LogP contribution in [0.1, 0.15) is 23.8 Å². The lowest BCUT2D eigenvalue weighted by atomic mass is 10.0. The number of benzene rings is 1. The second kappa shape index (κ2) is 7.59. The summed E-state index contributed by atoms with van der Waals surface area (Å²) in [6.07, 6.45) is 1.83. The van der Waals surface area contributed by atoms with Crippen molar-refractivity contribution in [2.45, 2.75) is 32.4 Å². The molecule has 0 radical (unpaired) electrons. The summed E-state index contributed by atoms with van der Waals surface area (Å²) in [6.45, 7) is 2.69. The fraction of sp³-hybridized carbons (Fsp3) is 0.333. The standard InChI is InChI=1S/C15H17Br2NOS/c1-2-11(18)7-10-8-12(3-4-13(10)16)19-9-15-14(17)5-6-20-15/h3-6,8,11H,2,7,9,18H2,1H3. The number of halogens is 2. The van der Waals surface area contributed by atoms with Gasteiger partial charge in [-0.2, -0.15) is 0 Å². The van der Waals surface area contributed by atoms with E-state index in [1.807, 2.05) is 18.2 Å². The normalized spacial score (nSPS) is 12.4. The van der Waals surface area contributed by atoms with E-state index in [1.54, 1.807) is 11.3 Å². The Hall–Kier alpha value is -0.360. The molecule has 0 aliphatic carbocycles. The van der Waals surface area contributed by atoms with E-state index in [9.17, 15) is 0 Å². The highest BCUT2D eigenvalue weighted by molar-refractivity contribution is 9.10. The highest BCUT2D eigenvalue weighted by Gasteiger charge is 2.08. The number of hydrogen-bond acceptors (Lipinski definition) is 3. The molecule has 0 amide bonds. The molecule has 2 N–H and O–H groups in total. The predicted octanol–water partition coefficient (Wildman–Crippen LogP) is 5.13. The van der Waals surface area contributed by atoms with Crippen LogP contribution in [0.3, 0.4) is 0 Å². The lowest BCUT2D eigenvalue weighted by Gasteiger charge is -2.12. The molecule has 108 valence electrons. The van der Waals surface area contributed by atoms with Gasteiger partial charge in [0.1, 0.15) is 12.4 Å². The third-order valence-electron chi connectivity index (χ3n) is 3.08. The minimum Gasteiger partial charge on any atom is -0.488 e. The fourth-order valence-corrected chi connectivity index (χ4v) is 3.59. The number of thiophene rings is 1. The van der Waals surface area contributed by atoms with E-state index >= 15 is 0 Å². The monoisotopic (exact) mass is 417 g/mol. The molecule has 0 aliphatic heterocycles. The Morgan fingerprint density at radius 2 is 2.05 bits per heavy atom. The molecule has 2 aromatic rings. The van der Waals surface area contributed by atoms with Crippen molar-refractivity contribution in [2.75, 3.05) is 0 Å². The molecule has 1 aromatic heterocycles. The molecule has 2 rings (SSSR count). The van der Waals surface area contributed by atoms with Crippen molar-refractivity contribution in [3.8, 4) is 5.75 Å². The summed E-state index contributed by atoms with van der Waals surface area (Å²) in [4.78, 5) is 1.19. The molecule has 0 fully saturated rings. The SMILES string of the molecule is CCC(N)Cc1cc(OCc2sccc2Br)ccc1Br. The average molecular weight is 419 g/mol. The van der Waals surface area contributed by atoms with E-state index in [-0.39, 0.29) is 6.04 Å². The van der Waals surface area contributed by atoms with Crippen molar-refractivity contribution < 1.29 is 4.74 Å². The Kier molecular flexibility index (Phi) is 6.08. The van der Waals surface area contributed by atoms with Crippen molar-refractivity contribution in [1.29, 1.82) is 0 Å². The molecule has 1 heterocycles. The fourth-order valence-electron chi connectivity index (χ4n) is 1.80. The molecule has 1 atom stereocenters. The summed E-state index contributed by atoms with van der Waals surface area (Å²) in [6, 6.07) is 8.30. The Balaban J connectivity index is 2.05. The molecule has 20 heavy (non-hydrogen) atoms. The van der Waals surface area contributed by atoms with Gasteiger partial charge in [0.05, 0.1) is 4.88 Å². The smallest absolute Gasteiger partial charge is 0.124 e. The largest absolute Gasteiger partial charge is 0.488 e. The van der Waals surface area contributed by atoms with Gasteiger partial charge in [0.2, 0.25) is 0 Å². The molecule has 0 spiro atoms. The van der Waals surface area contributed by atoms with Gasteiger partial charge in [-0.05, 0) is 64.0 Å². The molecule has 5 heteroatoms. The minimum absolute atomic E-state index is 0.188. The summed E-state index contributed by atoms with van der Waals surface area (Å²) in [5.74, 6) is 0.881. The van der Waals surface area contributed by atoms with Crippen molar-refractivity contribution in [2.24, 2.45) is 5.73 Å². The third-order valence-corrected chi connectivity index (χ3v) is 5.76. The van der Waals surface area contributed by atoms with E-state index in [2.05, 4.69) is 50.2 Å². The molecule has 0 saturated heterocycles. The summed E-state index contributed by atoms with van der Waals surface area (Å²) in [7, 11) is 0. The molecule has 0 bridgehead atoms. The first-order chi connectivity index (χ1) is 9.60. The zero-order valence-corrected chi connectivity index (χ0v) is 15.2. The topological polar surface area (TPSA) is 35.2 Å². The first kappa shape index (κ1) is 16.0. The van der Waals surface area contributed by atoms with Crippen LogP contribution in [0.25, 0.3) is 0 Å². The maximum Gasteiger partial charge on any atom is 0.124 e. The molecular weight excluding hydrogens is 402 g/mol. The first-order valence-electron chi connectivity index (χ1n) is 6.48. The van der Waals surface area contributed by atoms with Crippen molar-refractivity contribution >= 4 is 43.2 Å². The second-order valence-electron chi connectivity index (χ2n) is 4.61. The van der Waals surface area contributed by atoms with Crippen LogP contribution in [0.15, 0.2) is 38.6 Å². The summed E-state index contributed by atoms with van der Waals surface area (Å²) >= 11 is 8.78. The summed E-state index contributed by atoms with van der Waals surface area (Å²) in [5.41, 5.74) is 7.23. The second-order valence-corrected chi connectivity index (χ2v) is 7.32. The van der Waals surface area contributed by atoms with Gasteiger partial charge in [-0.15, -0.1) is 11.3 Å². The van der Waals surface area contributed by atoms with E-state index in [4.69, 9.17) is 10.5 Å². The summed E-state index contributed by atoms with van der Waals surface area (Å²) < 4.78 is 8.05. The van der Waals surface area contributed by atoms with Crippen LogP contribution in [-0.4, -0.2) is 6.04 Å². The molecule has 1 unspecified atom stereocenters. The van der Waals surface area contributed by atoms with Crippen LogP contribution < -0.4 is 10.5 Å². The Bertz CT molecular complexity index is 571. The van der Waals surface area contributed by atoms with Gasteiger partial charge in [0, 0.05) is 15.0 Å². The van der Waals surface area contributed by atoms with Crippen LogP contribution in [0.4, 0.5) is 0 Å². The van der Waals surface area contributed by atoms with Crippen molar-refractivity contribution in [1.82, 2.24) is 0 Å². The Morgan fingerprint density at radius 3 is 2.70 bits per heavy atom. The summed E-state index contributed by atoms with van der Waals surface area (Å²) in [5, 5.41) is 2.05. The van der Waals surface area contributed by atoms with E-state index < -0.39 is 0 Å². The molecular formula is C15H17Br2NOS. The van der Waals surface area contributed by atoms with Crippen LogP contribution in [-0.2, 0) is 13.0 Å². The molecule has 0 saturated carbocycles. The van der Waals surface area contributed by atoms with Crippen LogP contribution in [0.2, 0.25) is 0 Å². The minimum atomic E-state index is 0.188. The van der Waals surface area contributed by atoms with Crippen LogP contribution in [0, 0.1) is 0 Å². The predicted molar refractivity (Wildman–Crippen MR) is 92.5 cm³/mol. The van der Waals surface area contributed by atoms with Crippen molar-refractivity contribution in [3.63, 3.8) is 0 Å². The maximum absolute atomic E-state index is 6.03. The lowest BCUT2D eigenvalue weighted by molar-refractivity contribution is 0.308. The van der Waals surface area contributed by atoms with E-state index in [0.717, 1.165) is 27.5 Å².